The summed E-state index contributed by atoms with van der Waals surface area (Å²) in [7, 11) is 0. The van der Waals surface area contributed by atoms with E-state index in [9.17, 15) is 27.6 Å². The van der Waals surface area contributed by atoms with Crippen LogP contribution in [0.4, 0.5) is 13.2 Å². The highest BCUT2D eigenvalue weighted by Crippen LogP contribution is 2.20. The largest absolute Gasteiger partial charge is 0.405 e. The number of amides is 2. The molecular formula is C16H13F3N2O3S. The summed E-state index contributed by atoms with van der Waals surface area (Å²) in [5, 5.41) is 3.68. The van der Waals surface area contributed by atoms with E-state index < -0.39 is 24.5 Å². The van der Waals surface area contributed by atoms with Crippen LogP contribution in [0.3, 0.4) is 0 Å². The number of carbonyl (C=O) groups is 3. The molecule has 0 radical (unpaired) electrons. The van der Waals surface area contributed by atoms with Crippen molar-refractivity contribution in [2.75, 3.05) is 6.54 Å². The molecule has 2 rings (SSSR count). The van der Waals surface area contributed by atoms with Crippen molar-refractivity contribution in [2.45, 2.75) is 12.7 Å². The van der Waals surface area contributed by atoms with Gasteiger partial charge < -0.3 is 10.6 Å². The van der Waals surface area contributed by atoms with Gasteiger partial charge in [0.2, 0.25) is 5.78 Å². The molecule has 5 nitrogen and oxygen atoms in total. The zero-order valence-electron chi connectivity index (χ0n) is 12.7. The van der Waals surface area contributed by atoms with Gasteiger partial charge in [0, 0.05) is 10.4 Å². The fraction of sp³-hybridized carbons (Fsp3) is 0.188. The number of thiophene rings is 1. The lowest BCUT2D eigenvalue weighted by Gasteiger charge is -2.08. The molecule has 0 aliphatic heterocycles. The normalized spacial score (nSPS) is 11.0. The van der Waals surface area contributed by atoms with Crippen LogP contribution in [0.5, 0.6) is 0 Å². The van der Waals surface area contributed by atoms with E-state index >= 15 is 0 Å². The molecule has 1 heterocycles. The van der Waals surface area contributed by atoms with Crippen molar-refractivity contribution in [3.63, 3.8) is 0 Å². The first kappa shape index (κ1) is 18.7. The number of nitrogens with one attached hydrogen (secondary N) is 2. The van der Waals surface area contributed by atoms with Crippen LogP contribution in [0, 0.1) is 0 Å². The molecule has 0 bridgehead atoms. The van der Waals surface area contributed by atoms with Gasteiger partial charge >= 0.3 is 18.0 Å². The van der Waals surface area contributed by atoms with Crippen molar-refractivity contribution in [1.29, 1.82) is 0 Å². The lowest BCUT2D eigenvalue weighted by Crippen LogP contribution is -2.43. The fourth-order valence-electron chi connectivity index (χ4n) is 1.84. The second-order valence-corrected chi connectivity index (χ2v) is 6.11. The van der Waals surface area contributed by atoms with E-state index in [4.69, 9.17) is 0 Å². The van der Waals surface area contributed by atoms with E-state index in [2.05, 4.69) is 5.32 Å². The Morgan fingerprint density at radius 3 is 2.20 bits per heavy atom. The van der Waals surface area contributed by atoms with Gasteiger partial charge in [-0.25, -0.2) is 0 Å². The molecule has 25 heavy (non-hydrogen) atoms. The van der Waals surface area contributed by atoms with Gasteiger partial charge in [-0.15, -0.1) is 11.3 Å². The van der Waals surface area contributed by atoms with Crippen LogP contribution in [0.25, 0.3) is 0 Å². The molecule has 132 valence electrons. The molecule has 0 aliphatic carbocycles. The summed E-state index contributed by atoms with van der Waals surface area (Å²) >= 11 is 1.13. The molecular weight excluding hydrogens is 357 g/mol. The van der Waals surface area contributed by atoms with Crippen molar-refractivity contribution in [3.05, 3.63) is 57.8 Å². The van der Waals surface area contributed by atoms with Gasteiger partial charge in [0.1, 0.15) is 6.54 Å². The van der Waals surface area contributed by atoms with Crippen LogP contribution in [0.1, 0.15) is 20.1 Å². The average molecular weight is 370 g/mol. The van der Waals surface area contributed by atoms with Gasteiger partial charge in [0.05, 0.1) is 11.4 Å². The minimum absolute atomic E-state index is 0.0645. The van der Waals surface area contributed by atoms with Crippen molar-refractivity contribution >= 4 is 28.9 Å². The highest BCUT2D eigenvalue weighted by molar-refractivity contribution is 7.14. The SMILES string of the molecule is O=C(NCc1ccc(C(=O)c2ccccc2)s1)C(=O)NCC(F)(F)F. The number of halogens is 3. The van der Waals surface area contributed by atoms with E-state index in [-0.39, 0.29) is 12.3 Å². The molecule has 0 saturated heterocycles. The first-order valence-corrected chi connectivity index (χ1v) is 7.89. The third-order valence-corrected chi connectivity index (χ3v) is 4.08. The second kappa shape index (κ2) is 7.93. The maximum absolute atomic E-state index is 12.2. The third kappa shape index (κ3) is 5.71. The molecule has 9 heteroatoms. The van der Waals surface area contributed by atoms with Gasteiger partial charge in [0.25, 0.3) is 0 Å². The molecule has 1 aromatic heterocycles. The molecule has 0 fully saturated rings. The molecule has 0 spiro atoms. The molecule has 1 aromatic carbocycles. The number of alkyl halides is 3. The Morgan fingerprint density at radius 2 is 1.56 bits per heavy atom. The quantitative estimate of drug-likeness (QED) is 0.626. The Hall–Kier alpha value is -2.68. The zero-order valence-corrected chi connectivity index (χ0v) is 13.5. The minimum atomic E-state index is -4.59. The summed E-state index contributed by atoms with van der Waals surface area (Å²) in [5.41, 5.74) is 0.520. The first-order valence-electron chi connectivity index (χ1n) is 7.07. The Labute approximate surface area is 144 Å². The molecule has 2 amide bonds. The minimum Gasteiger partial charge on any atom is -0.343 e. The van der Waals surface area contributed by atoms with Gasteiger partial charge in [-0.2, -0.15) is 13.2 Å². The number of rotatable bonds is 5. The Bertz CT molecular complexity index is 772. The number of benzene rings is 1. The highest BCUT2D eigenvalue weighted by atomic mass is 32.1. The predicted molar refractivity (Wildman–Crippen MR) is 85.1 cm³/mol. The second-order valence-electron chi connectivity index (χ2n) is 4.94. The first-order chi connectivity index (χ1) is 11.8. The number of hydrogen-bond donors (Lipinski definition) is 2. The van der Waals surface area contributed by atoms with Crippen LogP contribution < -0.4 is 10.6 Å². The standard InChI is InChI=1S/C16H13F3N2O3S/c17-16(18,19)9-21-15(24)14(23)20-8-11-6-7-12(25-11)13(22)10-4-2-1-3-5-10/h1-7H,8-9H2,(H,20,23)(H,21,24). The summed E-state index contributed by atoms with van der Waals surface area (Å²) in [6.45, 7) is -1.64. The van der Waals surface area contributed by atoms with Crippen molar-refractivity contribution in [3.8, 4) is 0 Å². The van der Waals surface area contributed by atoms with Gasteiger partial charge in [-0.05, 0) is 12.1 Å². The third-order valence-electron chi connectivity index (χ3n) is 3.00. The maximum Gasteiger partial charge on any atom is 0.405 e. The van der Waals surface area contributed by atoms with E-state index in [1.165, 1.54) is 5.32 Å². The van der Waals surface area contributed by atoms with Crippen LogP contribution in [-0.2, 0) is 16.1 Å². The van der Waals surface area contributed by atoms with E-state index in [1.54, 1.807) is 42.5 Å². The van der Waals surface area contributed by atoms with Crippen LogP contribution >= 0.6 is 11.3 Å². The summed E-state index contributed by atoms with van der Waals surface area (Å²) in [6.07, 6.45) is -4.59. The highest BCUT2D eigenvalue weighted by Gasteiger charge is 2.29. The van der Waals surface area contributed by atoms with Crippen LogP contribution in [0.2, 0.25) is 0 Å². The van der Waals surface area contributed by atoms with Crippen LogP contribution in [-0.4, -0.2) is 30.3 Å². The van der Waals surface area contributed by atoms with Crippen LogP contribution in [0.15, 0.2) is 42.5 Å². The molecule has 2 N–H and O–H groups in total. The van der Waals surface area contributed by atoms with E-state index in [1.807, 2.05) is 0 Å². The van der Waals surface area contributed by atoms with Crippen molar-refractivity contribution in [2.24, 2.45) is 0 Å². The summed E-state index contributed by atoms with van der Waals surface area (Å²) in [6, 6.07) is 11.8. The maximum atomic E-state index is 12.2. The number of hydrogen-bond acceptors (Lipinski definition) is 4. The smallest absolute Gasteiger partial charge is 0.343 e. The van der Waals surface area contributed by atoms with E-state index in [0.29, 0.717) is 15.3 Å². The monoisotopic (exact) mass is 370 g/mol. The topological polar surface area (TPSA) is 75.3 Å². The average Bonchev–Trinajstić information content (AvgIpc) is 3.06. The molecule has 0 aliphatic rings. The van der Waals surface area contributed by atoms with E-state index in [0.717, 1.165) is 11.3 Å². The summed E-state index contributed by atoms with van der Waals surface area (Å²) in [5.74, 6) is -2.71. The predicted octanol–water partition coefficient (Wildman–Crippen LogP) is 2.27. The molecule has 0 atom stereocenters. The van der Waals surface area contributed by atoms with Crippen molar-refractivity contribution in [1.82, 2.24) is 10.6 Å². The fourth-order valence-corrected chi connectivity index (χ4v) is 2.74. The Kier molecular flexibility index (Phi) is 5.92. The number of carbonyl (C=O) groups excluding carboxylic acids is 3. The molecule has 0 unspecified atom stereocenters. The number of ketones is 1. The summed E-state index contributed by atoms with van der Waals surface area (Å²) < 4.78 is 35.9. The van der Waals surface area contributed by atoms with Gasteiger partial charge in [-0.1, -0.05) is 30.3 Å². The Balaban J connectivity index is 1.88. The van der Waals surface area contributed by atoms with Gasteiger partial charge in [0.15, 0.2) is 0 Å². The summed E-state index contributed by atoms with van der Waals surface area (Å²) in [4.78, 5) is 36.0. The Morgan fingerprint density at radius 1 is 0.920 bits per heavy atom. The molecule has 2 aromatic rings. The lowest BCUT2D eigenvalue weighted by molar-refractivity contribution is -0.146. The molecule has 0 saturated carbocycles. The zero-order chi connectivity index (χ0) is 18.4. The van der Waals surface area contributed by atoms with Crippen molar-refractivity contribution < 1.29 is 27.6 Å². The lowest BCUT2D eigenvalue weighted by atomic mass is 10.1. The van der Waals surface area contributed by atoms with Gasteiger partial charge in [-0.3, -0.25) is 14.4 Å².